The summed E-state index contributed by atoms with van der Waals surface area (Å²) in [6.07, 6.45) is -1.42. The number of hydrogen-bond acceptors (Lipinski definition) is 6. The lowest BCUT2D eigenvalue weighted by Gasteiger charge is -2.25. The van der Waals surface area contributed by atoms with Crippen molar-refractivity contribution in [1.82, 2.24) is 25.1 Å². The summed E-state index contributed by atoms with van der Waals surface area (Å²) in [6.45, 7) is 3.20. The highest BCUT2D eigenvalue weighted by molar-refractivity contribution is 5.73. The van der Waals surface area contributed by atoms with Gasteiger partial charge in [-0.05, 0) is 35.4 Å². The fourth-order valence-corrected chi connectivity index (χ4v) is 2.86. The van der Waals surface area contributed by atoms with E-state index in [4.69, 9.17) is 9.90 Å². The number of nitrogens with one attached hydrogen (secondary N) is 1. The van der Waals surface area contributed by atoms with E-state index in [2.05, 4.69) is 56.1 Å². The van der Waals surface area contributed by atoms with Crippen LogP contribution in [0.4, 0.5) is 19.1 Å². The fraction of sp³-hybridized carbons (Fsp3) is 0.529. The Kier molecular flexibility index (Phi) is 7.73. The van der Waals surface area contributed by atoms with Crippen LogP contribution in [0.3, 0.4) is 0 Å². The largest absolute Gasteiger partial charge is 0.490 e. The lowest BCUT2D eigenvalue weighted by molar-refractivity contribution is -0.192. The van der Waals surface area contributed by atoms with Crippen LogP contribution in [0, 0.1) is 0 Å². The molecule has 2 N–H and O–H groups in total. The number of halogens is 3. The highest BCUT2D eigenvalue weighted by Crippen LogP contribution is 2.16. The molecule has 1 aromatic carbocycles. The normalized spacial score (nSPS) is 17.9. The van der Waals surface area contributed by atoms with Crippen LogP contribution >= 0.6 is 0 Å². The van der Waals surface area contributed by atoms with Crippen LogP contribution in [0.15, 0.2) is 30.3 Å². The third-order valence-corrected chi connectivity index (χ3v) is 4.20. The first-order chi connectivity index (χ1) is 13.3. The third kappa shape index (κ3) is 7.14. The number of likely N-dealkylation sites (tertiary alicyclic amines) is 1. The molecule has 0 amide bonds. The van der Waals surface area contributed by atoms with Gasteiger partial charge in [-0.25, -0.2) is 9.48 Å². The number of alkyl halides is 3. The van der Waals surface area contributed by atoms with E-state index in [0.29, 0.717) is 6.04 Å². The zero-order valence-corrected chi connectivity index (χ0v) is 15.4. The van der Waals surface area contributed by atoms with E-state index in [9.17, 15) is 13.2 Å². The molecule has 0 radical (unpaired) electrons. The quantitative estimate of drug-likeness (QED) is 0.813. The number of hydrogen-bond donors (Lipinski definition) is 2. The van der Waals surface area contributed by atoms with Gasteiger partial charge in [0, 0.05) is 26.2 Å². The molecular formula is C17H23F3N6O2. The smallest absolute Gasteiger partial charge is 0.475 e. The summed E-state index contributed by atoms with van der Waals surface area (Å²) in [5.74, 6) is -2.01. The van der Waals surface area contributed by atoms with Crippen molar-refractivity contribution in [3.05, 3.63) is 35.9 Å². The van der Waals surface area contributed by atoms with Crippen molar-refractivity contribution in [2.24, 2.45) is 7.05 Å². The number of carboxylic acid groups (broad SMARTS) is 1. The van der Waals surface area contributed by atoms with Gasteiger partial charge in [0.25, 0.3) is 0 Å². The summed E-state index contributed by atoms with van der Waals surface area (Å²) < 4.78 is 33.4. The van der Waals surface area contributed by atoms with Crippen molar-refractivity contribution in [2.45, 2.75) is 38.0 Å². The van der Waals surface area contributed by atoms with Gasteiger partial charge in [-0.3, -0.25) is 4.90 Å². The monoisotopic (exact) mass is 400 g/mol. The molecule has 1 aliphatic rings. The Labute approximate surface area is 160 Å². The van der Waals surface area contributed by atoms with Gasteiger partial charge in [0.05, 0.1) is 0 Å². The van der Waals surface area contributed by atoms with Gasteiger partial charge < -0.3 is 10.4 Å². The summed E-state index contributed by atoms with van der Waals surface area (Å²) in [5, 5.41) is 22.2. The van der Waals surface area contributed by atoms with Crippen LogP contribution in [0.25, 0.3) is 0 Å². The maximum Gasteiger partial charge on any atom is 0.490 e. The van der Waals surface area contributed by atoms with E-state index in [0.717, 1.165) is 32.0 Å². The van der Waals surface area contributed by atoms with E-state index >= 15 is 0 Å². The zero-order chi connectivity index (χ0) is 20.6. The molecule has 1 atom stereocenters. The molecule has 8 nitrogen and oxygen atoms in total. The van der Waals surface area contributed by atoms with Crippen LogP contribution < -0.4 is 5.32 Å². The molecule has 1 saturated heterocycles. The van der Waals surface area contributed by atoms with Crippen molar-refractivity contribution >= 4 is 11.9 Å². The standard InChI is InChI=1S/C15H22N6.C2HF3O2/c1-20-15(17-18-19-20)16-14-9-5-6-10-21(12-14)11-13-7-3-2-4-8-13;3-2(4,5)1(6)7/h2-4,7-8,14H,5-6,9-12H2,1H3,(H,16,17,19);(H,6,7). The summed E-state index contributed by atoms with van der Waals surface area (Å²) in [5.41, 5.74) is 1.37. The van der Waals surface area contributed by atoms with Crippen LogP contribution in [0.1, 0.15) is 24.8 Å². The first-order valence-corrected chi connectivity index (χ1v) is 8.81. The second kappa shape index (κ2) is 10.0. The molecule has 154 valence electrons. The number of rotatable bonds is 4. The summed E-state index contributed by atoms with van der Waals surface area (Å²) in [6, 6.07) is 11.1. The average Bonchev–Trinajstić information content (AvgIpc) is 2.90. The van der Waals surface area contributed by atoms with E-state index in [1.807, 2.05) is 7.05 Å². The second-order valence-corrected chi connectivity index (χ2v) is 6.49. The molecular weight excluding hydrogens is 377 g/mol. The number of tetrazole rings is 1. The predicted octanol–water partition coefficient (Wildman–Crippen LogP) is 2.31. The molecule has 1 aromatic heterocycles. The van der Waals surface area contributed by atoms with Crippen molar-refractivity contribution in [1.29, 1.82) is 0 Å². The SMILES string of the molecule is Cn1nnnc1NC1CCCCN(Cc2ccccc2)C1.O=C(O)C(F)(F)F. The van der Waals surface area contributed by atoms with Crippen molar-refractivity contribution in [3.8, 4) is 0 Å². The van der Waals surface area contributed by atoms with Crippen LogP contribution in [-0.2, 0) is 18.4 Å². The molecule has 28 heavy (non-hydrogen) atoms. The molecule has 0 bridgehead atoms. The highest BCUT2D eigenvalue weighted by atomic mass is 19.4. The average molecular weight is 400 g/mol. The number of nitrogens with zero attached hydrogens (tertiary/aromatic N) is 5. The summed E-state index contributed by atoms with van der Waals surface area (Å²) in [4.78, 5) is 11.4. The Morgan fingerprint density at radius 3 is 2.54 bits per heavy atom. The first kappa shape index (κ1) is 21.6. The van der Waals surface area contributed by atoms with Gasteiger partial charge in [0.15, 0.2) is 0 Å². The maximum atomic E-state index is 10.6. The van der Waals surface area contributed by atoms with Crippen LogP contribution in [0.2, 0.25) is 0 Å². The Bertz CT molecular complexity index is 738. The van der Waals surface area contributed by atoms with E-state index in [-0.39, 0.29) is 0 Å². The van der Waals surface area contributed by atoms with E-state index < -0.39 is 12.1 Å². The zero-order valence-electron chi connectivity index (χ0n) is 15.4. The molecule has 11 heteroatoms. The molecule has 1 aliphatic heterocycles. The maximum absolute atomic E-state index is 10.6. The fourth-order valence-electron chi connectivity index (χ4n) is 2.86. The van der Waals surface area contributed by atoms with Crippen LogP contribution in [-0.4, -0.2) is 61.5 Å². The minimum atomic E-state index is -5.08. The van der Waals surface area contributed by atoms with Crippen molar-refractivity contribution in [2.75, 3.05) is 18.4 Å². The summed E-state index contributed by atoms with van der Waals surface area (Å²) in [7, 11) is 1.86. The second-order valence-electron chi connectivity index (χ2n) is 6.49. The minimum absolute atomic E-state index is 0.404. The number of aliphatic carboxylic acids is 1. The summed E-state index contributed by atoms with van der Waals surface area (Å²) >= 11 is 0. The molecule has 1 unspecified atom stereocenters. The number of aryl methyl sites for hydroxylation is 1. The van der Waals surface area contributed by atoms with Crippen molar-refractivity contribution in [3.63, 3.8) is 0 Å². The molecule has 0 aliphatic carbocycles. The molecule has 2 aromatic rings. The van der Waals surface area contributed by atoms with Crippen molar-refractivity contribution < 1.29 is 23.1 Å². The first-order valence-electron chi connectivity index (χ1n) is 8.81. The van der Waals surface area contributed by atoms with Gasteiger partial charge in [-0.15, -0.1) is 0 Å². The number of aromatic nitrogens is 4. The van der Waals surface area contributed by atoms with Gasteiger partial charge >= 0.3 is 12.1 Å². The highest BCUT2D eigenvalue weighted by Gasteiger charge is 2.38. The topological polar surface area (TPSA) is 96.2 Å². The van der Waals surface area contributed by atoms with E-state index in [1.54, 1.807) is 4.68 Å². The van der Waals surface area contributed by atoms with Gasteiger partial charge in [-0.1, -0.05) is 41.9 Å². The Hall–Kier alpha value is -2.69. The van der Waals surface area contributed by atoms with Gasteiger partial charge in [0.2, 0.25) is 5.95 Å². The Balaban J connectivity index is 0.000000345. The number of anilines is 1. The van der Waals surface area contributed by atoms with Crippen LogP contribution in [0.5, 0.6) is 0 Å². The minimum Gasteiger partial charge on any atom is -0.475 e. The Morgan fingerprint density at radius 1 is 1.29 bits per heavy atom. The number of benzene rings is 1. The molecule has 2 heterocycles. The van der Waals surface area contributed by atoms with Gasteiger partial charge in [0.1, 0.15) is 0 Å². The van der Waals surface area contributed by atoms with Gasteiger partial charge in [-0.2, -0.15) is 13.2 Å². The lowest BCUT2D eigenvalue weighted by Crippen LogP contribution is -2.35. The lowest BCUT2D eigenvalue weighted by atomic mass is 10.1. The Morgan fingerprint density at radius 2 is 1.96 bits per heavy atom. The molecule has 3 rings (SSSR count). The third-order valence-electron chi connectivity index (χ3n) is 4.20. The molecule has 0 saturated carbocycles. The van der Waals surface area contributed by atoms with E-state index in [1.165, 1.54) is 18.4 Å². The number of carbonyl (C=O) groups is 1. The predicted molar refractivity (Wildman–Crippen MR) is 95.5 cm³/mol. The molecule has 1 fully saturated rings. The molecule has 0 spiro atoms. The number of carboxylic acids is 1.